The number of halogens is 3. The molecule has 0 saturated heterocycles. The van der Waals surface area contributed by atoms with E-state index >= 15 is 0 Å². The van der Waals surface area contributed by atoms with Crippen molar-refractivity contribution in [1.82, 2.24) is 5.43 Å². The lowest BCUT2D eigenvalue weighted by atomic mass is 10.0. The maximum Gasteiger partial charge on any atom is 0.573 e. The van der Waals surface area contributed by atoms with Crippen molar-refractivity contribution in [3.05, 3.63) is 54.3 Å². The molecule has 0 aliphatic carbocycles. The highest BCUT2D eigenvalue weighted by molar-refractivity contribution is 6.01. The third-order valence-electron chi connectivity index (χ3n) is 3.37. The molecule has 5 nitrogen and oxygen atoms in total. The third-order valence-corrected chi connectivity index (χ3v) is 3.37. The van der Waals surface area contributed by atoms with E-state index in [9.17, 15) is 18.0 Å². The minimum absolute atomic E-state index is 0.317. The van der Waals surface area contributed by atoms with Gasteiger partial charge in [-0.05, 0) is 35.9 Å². The summed E-state index contributed by atoms with van der Waals surface area (Å²) in [7, 11) is 0. The number of benzene rings is 2. The van der Waals surface area contributed by atoms with Crippen molar-refractivity contribution >= 4 is 16.9 Å². The molecule has 3 aromatic rings. The van der Waals surface area contributed by atoms with Crippen LogP contribution >= 0.6 is 0 Å². The molecule has 8 heteroatoms. The van der Waals surface area contributed by atoms with E-state index in [1.54, 1.807) is 18.2 Å². The van der Waals surface area contributed by atoms with Crippen molar-refractivity contribution in [2.45, 2.75) is 6.36 Å². The van der Waals surface area contributed by atoms with E-state index < -0.39 is 12.3 Å². The average Bonchev–Trinajstić information content (AvgIpc) is 2.96. The van der Waals surface area contributed by atoms with Crippen LogP contribution in [-0.4, -0.2) is 12.3 Å². The monoisotopic (exact) mass is 336 g/mol. The van der Waals surface area contributed by atoms with E-state index in [0.717, 1.165) is 0 Å². The first kappa shape index (κ1) is 15.9. The molecule has 0 atom stereocenters. The largest absolute Gasteiger partial charge is 0.573 e. The van der Waals surface area contributed by atoms with Crippen LogP contribution in [0, 0.1) is 0 Å². The van der Waals surface area contributed by atoms with Crippen LogP contribution in [0.1, 0.15) is 10.4 Å². The van der Waals surface area contributed by atoms with Gasteiger partial charge in [0.2, 0.25) is 0 Å². The minimum atomic E-state index is -4.74. The number of hydrazine groups is 1. The number of hydrogen-bond donors (Lipinski definition) is 2. The Labute approximate surface area is 133 Å². The zero-order chi connectivity index (χ0) is 17.3. The molecule has 0 spiro atoms. The summed E-state index contributed by atoms with van der Waals surface area (Å²) < 4.78 is 45.8. The second-order valence-electron chi connectivity index (χ2n) is 4.91. The van der Waals surface area contributed by atoms with Crippen molar-refractivity contribution in [2.75, 3.05) is 0 Å². The number of alkyl halides is 3. The quantitative estimate of drug-likeness (QED) is 0.435. The Hall–Kier alpha value is -3.00. The van der Waals surface area contributed by atoms with Gasteiger partial charge >= 0.3 is 6.36 Å². The van der Waals surface area contributed by atoms with E-state index in [0.29, 0.717) is 27.7 Å². The Morgan fingerprint density at radius 3 is 2.46 bits per heavy atom. The number of amides is 1. The van der Waals surface area contributed by atoms with Gasteiger partial charge in [-0.1, -0.05) is 12.1 Å². The number of nitrogens with one attached hydrogen (secondary N) is 1. The van der Waals surface area contributed by atoms with Gasteiger partial charge in [-0.3, -0.25) is 10.2 Å². The molecule has 24 heavy (non-hydrogen) atoms. The van der Waals surface area contributed by atoms with Gasteiger partial charge < -0.3 is 9.15 Å². The molecule has 1 amide bonds. The van der Waals surface area contributed by atoms with Crippen molar-refractivity contribution in [3.8, 4) is 16.9 Å². The Morgan fingerprint density at radius 1 is 1.12 bits per heavy atom. The number of hydrogen-bond acceptors (Lipinski definition) is 4. The average molecular weight is 336 g/mol. The Kier molecular flexibility index (Phi) is 3.90. The van der Waals surface area contributed by atoms with Crippen LogP contribution in [0.2, 0.25) is 0 Å². The summed E-state index contributed by atoms with van der Waals surface area (Å²) in [6.45, 7) is 0. The normalized spacial score (nSPS) is 11.5. The molecule has 1 heterocycles. The summed E-state index contributed by atoms with van der Waals surface area (Å²) in [5.41, 5.74) is 4.16. The number of carbonyl (C=O) groups excluding carboxylic acids is 1. The van der Waals surface area contributed by atoms with Crippen molar-refractivity contribution in [1.29, 1.82) is 0 Å². The first-order valence-electron chi connectivity index (χ1n) is 6.76. The summed E-state index contributed by atoms with van der Waals surface area (Å²) in [5, 5.41) is 0.639. The van der Waals surface area contributed by atoms with E-state index in [1.807, 2.05) is 5.43 Å². The third kappa shape index (κ3) is 3.18. The summed E-state index contributed by atoms with van der Waals surface area (Å²) in [4.78, 5) is 11.6. The second-order valence-corrected chi connectivity index (χ2v) is 4.91. The number of carbonyl (C=O) groups is 1. The molecule has 2 aromatic carbocycles. The Morgan fingerprint density at radius 2 is 1.83 bits per heavy atom. The molecule has 3 rings (SSSR count). The Balaban J connectivity index is 1.98. The van der Waals surface area contributed by atoms with E-state index in [-0.39, 0.29) is 5.75 Å². The lowest BCUT2D eigenvalue weighted by molar-refractivity contribution is -0.274. The van der Waals surface area contributed by atoms with Gasteiger partial charge in [0.15, 0.2) is 0 Å². The van der Waals surface area contributed by atoms with E-state index in [2.05, 4.69) is 4.74 Å². The molecule has 0 bridgehead atoms. The lowest BCUT2D eigenvalue weighted by Gasteiger charge is -2.09. The minimum Gasteiger partial charge on any atom is -0.464 e. The topological polar surface area (TPSA) is 77.5 Å². The maximum absolute atomic E-state index is 12.2. The fourth-order valence-electron chi connectivity index (χ4n) is 2.31. The van der Waals surface area contributed by atoms with E-state index in [4.69, 9.17) is 10.3 Å². The second kappa shape index (κ2) is 5.89. The molecule has 0 saturated carbocycles. The van der Waals surface area contributed by atoms with Crippen LogP contribution in [0.3, 0.4) is 0 Å². The highest BCUT2D eigenvalue weighted by Gasteiger charge is 2.31. The van der Waals surface area contributed by atoms with Crippen molar-refractivity contribution < 1.29 is 27.1 Å². The summed E-state index contributed by atoms with van der Waals surface area (Å²) in [6.07, 6.45) is -3.28. The molecule has 1 aromatic heterocycles. The fourth-order valence-corrected chi connectivity index (χ4v) is 2.31. The zero-order valence-electron chi connectivity index (χ0n) is 12.1. The molecule has 3 N–H and O–H groups in total. The molecule has 0 aliphatic rings. The smallest absolute Gasteiger partial charge is 0.464 e. The van der Waals surface area contributed by atoms with Crippen LogP contribution in [0.15, 0.2) is 53.1 Å². The standard InChI is InChI=1S/C16H11F3N2O3/c17-16(18,19)24-11-4-1-9(2-5-11)13-8-23-14-6-3-10(7-12(13)14)15(22)21-20/h1-8H,20H2,(H,21,22). The van der Waals surface area contributed by atoms with Crippen LogP contribution in [-0.2, 0) is 0 Å². The summed E-state index contributed by atoms with van der Waals surface area (Å²) >= 11 is 0. The number of ether oxygens (including phenoxy) is 1. The van der Waals surface area contributed by atoms with Crippen molar-refractivity contribution in [2.24, 2.45) is 5.84 Å². The number of rotatable bonds is 3. The fraction of sp³-hybridized carbons (Fsp3) is 0.0625. The van der Waals surface area contributed by atoms with Gasteiger partial charge in [-0.25, -0.2) is 5.84 Å². The summed E-state index contributed by atoms with van der Waals surface area (Å²) in [6, 6.07) is 10.1. The molecule has 0 aliphatic heterocycles. The number of fused-ring (bicyclic) bond motifs is 1. The number of nitrogen functional groups attached to an aromatic ring is 1. The Bertz CT molecular complexity index is 886. The molecule has 0 unspecified atom stereocenters. The molecular formula is C16H11F3N2O3. The SMILES string of the molecule is NNC(=O)c1ccc2occ(-c3ccc(OC(F)(F)F)cc3)c2c1. The van der Waals surface area contributed by atoms with Gasteiger partial charge in [0.1, 0.15) is 11.3 Å². The predicted molar refractivity (Wildman–Crippen MR) is 80.0 cm³/mol. The van der Waals surface area contributed by atoms with Crippen LogP contribution in [0.25, 0.3) is 22.1 Å². The predicted octanol–water partition coefficient (Wildman–Crippen LogP) is 3.60. The van der Waals surface area contributed by atoms with Crippen LogP contribution in [0.4, 0.5) is 13.2 Å². The molecule has 124 valence electrons. The van der Waals surface area contributed by atoms with Crippen LogP contribution < -0.4 is 16.0 Å². The summed E-state index contributed by atoms with van der Waals surface area (Å²) in [5.74, 6) is 4.33. The first-order chi connectivity index (χ1) is 11.4. The zero-order valence-corrected chi connectivity index (χ0v) is 12.1. The van der Waals surface area contributed by atoms with Crippen molar-refractivity contribution in [3.63, 3.8) is 0 Å². The molecular weight excluding hydrogens is 325 g/mol. The van der Waals surface area contributed by atoms with E-state index in [1.165, 1.54) is 30.5 Å². The number of furan rings is 1. The van der Waals surface area contributed by atoms with Crippen LogP contribution in [0.5, 0.6) is 5.75 Å². The molecule has 0 fully saturated rings. The van der Waals surface area contributed by atoms with Gasteiger partial charge in [-0.2, -0.15) is 0 Å². The number of nitrogens with two attached hydrogens (primary N) is 1. The molecule has 0 radical (unpaired) electrons. The maximum atomic E-state index is 12.2. The first-order valence-corrected chi connectivity index (χ1v) is 6.76. The highest BCUT2D eigenvalue weighted by Crippen LogP contribution is 2.33. The van der Waals surface area contributed by atoms with Gasteiger partial charge in [0.05, 0.1) is 6.26 Å². The highest BCUT2D eigenvalue weighted by atomic mass is 19.4. The van der Waals surface area contributed by atoms with Gasteiger partial charge in [0, 0.05) is 16.5 Å². The lowest BCUT2D eigenvalue weighted by Crippen LogP contribution is -2.29. The van der Waals surface area contributed by atoms with Gasteiger partial charge in [-0.15, -0.1) is 13.2 Å². The van der Waals surface area contributed by atoms with Gasteiger partial charge in [0.25, 0.3) is 5.91 Å².